The lowest BCUT2D eigenvalue weighted by Gasteiger charge is -2.18. The SMILES string of the molecule is C=COCC(COC(=O)C(=C)C)OC(=O)c1ccc(C(=O)OC(COC=C)COC(=O)C(=C)C)cc1. The second-order valence-electron chi connectivity index (χ2n) is 7.39. The highest BCUT2D eigenvalue weighted by Gasteiger charge is 2.21. The van der Waals surface area contributed by atoms with Crippen molar-refractivity contribution in [1.29, 1.82) is 0 Å². The average molecular weight is 503 g/mol. The highest BCUT2D eigenvalue weighted by molar-refractivity contribution is 5.93. The maximum absolute atomic E-state index is 12.5. The van der Waals surface area contributed by atoms with Crippen molar-refractivity contribution < 1.29 is 47.6 Å². The normalized spacial score (nSPS) is 11.6. The third-order valence-electron chi connectivity index (χ3n) is 4.20. The maximum atomic E-state index is 12.5. The third kappa shape index (κ3) is 10.7. The maximum Gasteiger partial charge on any atom is 0.338 e. The number of carbonyl (C=O) groups is 4. The van der Waals surface area contributed by atoms with E-state index >= 15 is 0 Å². The van der Waals surface area contributed by atoms with E-state index in [0.717, 1.165) is 12.5 Å². The van der Waals surface area contributed by atoms with Gasteiger partial charge in [0.25, 0.3) is 0 Å². The fraction of sp³-hybridized carbons (Fsp3) is 0.308. The van der Waals surface area contributed by atoms with Crippen LogP contribution in [0, 0.1) is 0 Å². The molecule has 1 rings (SSSR count). The Morgan fingerprint density at radius 3 is 1.31 bits per heavy atom. The van der Waals surface area contributed by atoms with Crippen LogP contribution in [-0.4, -0.2) is 62.5 Å². The molecule has 2 unspecified atom stereocenters. The fourth-order valence-electron chi connectivity index (χ4n) is 2.35. The lowest BCUT2D eigenvalue weighted by Crippen LogP contribution is -2.30. The summed E-state index contributed by atoms with van der Waals surface area (Å²) in [6.45, 7) is 16.1. The first-order valence-electron chi connectivity index (χ1n) is 10.7. The zero-order chi connectivity index (χ0) is 27.1. The van der Waals surface area contributed by atoms with E-state index in [9.17, 15) is 19.2 Å². The lowest BCUT2D eigenvalue weighted by molar-refractivity contribution is -0.143. The van der Waals surface area contributed by atoms with Crippen molar-refractivity contribution in [2.45, 2.75) is 26.1 Å². The van der Waals surface area contributed by atoms with Crippen molar-refractivity contribution in [3.8, 4) is 0 Å². The zero-order valence-electron chi connectivity index (χ0n) is 20.4. The standard InChI is InChI=1S/C26H30O10/c1-7-31-13-21(15-33-23(27)17(3)4)35-25(29)19-9-11-20(12-10-19)26(30)36-22(14-32-8-2)16-34-24(28)18(5)6/h7-12,21-22H,1-3,5,13-16H2,4,6H3. The van der Waals surface area contributed by atoms with E-state index in [1.165, 1.54) is 38.1 Å². The number of hydrogen-bond donors (Lipinski definition) is 0. The first-order valence-corrected chi connectivity index (χ1v) is 10.7. The molecule has 1 aromatic carbocycles. The number of rotatable bonds is 16. The van der Waals surface area contributed by atoms with Gasteiger partial charge in [-0.1, -0.05) is 26.3 Å². The average Bonchev–Trinajstić information content (AvgIpc) is 2.86. The number of hydrogen-bond acceptors (Lipinski definition) is 10. The van der Waals surface area contributed by atoms with Gasteiger partial charge in [0.2, 0.25) is 0 Å². The molecule has 0 amide bonds. The second-order valence-corrected chi connectivity index (χ2v) is 7.39. The number of benzene rings is 1. The summed E-state index contributed by atoms with van der Waals surface area (Å²) in [5.74, 6) is -2.74. The molecule has 0 spiro atoms. The first-order chi connectivity index (χ1) is 17.1. The zero-order valence-corrected chi connectivity index (χ0v) is 20.4. The molecule has 0 heterocycles. The van der Waals surface area contributed by atoms with E-state index < -0.39 is 36.1 Å². The topological polar surface area (TPSA) is 124 Å². The summed E-state index contributed by atoms with van der Waals surface area (Å²) >= 11 is 0. The van der Waals surface area contributed by atoms with E-state index in [2.05, 4.69) is 26.3 Å². The highest BCUT2D eigenvalue weighted by Crippen LogP contribution is 2.11. The number of carbonyl (C=O) groups excluding carboxylic acids is 4. The Morgan fingerprint density at radius 2 is 1.03 bits per heavy atom. The van der Waals surface area contributed by atoms with Crippen LogP contribution in [0.2, 0.25) is 0 Å². The minimum atomic E-state index is -0.907. The van der Waals surface area contributed by atoms with E-state index in [1.54, 1.807) is 0 Å². The number of esters is 4. The Balaban J connectivity index is 2.79. The third-order valence-corrected chi connectivity index (χ3v) is 4.20. The van der Waals surface area contributed by atoms with Gasteiger partial charge in [0, 0.05) is 11.1 Å². The summed E-state index contributed by atoms with van der Waals surface area (Å²) in [6.07, 6.45) is 0.510. The molecule has 0 fully saturated rings. The number of ether oxygens (including phenoxy) is 6. The van der Waals surface area contributed by atoms with Crippen molar-refractivity contribution in [2.24, 2.45) is 0 Å². The van der Waals surface area contributed by atoms with Crippen LogP contribution < -0.4 is 0 Å². The van der Waals surface area contributed by atoms with Gasteiger partial charge < -0.3 is 28.4 Å². The molecular formula is C26H30O10. The Hall–Kier alpha value is -4.34. The smallest absolute Gasteiger partial charge is 0.338 e. The molecule has 0 aliphatic carbocycles. The molecule has 0 radical (unpaired) electrons. The summed E-state index contributed by atoms with van der Waals surface area (Å²) in [4.78, 5) is 48.3. The van der Waals surface area contributed by atoms with Gasteiger partial charge in [-0.15, -0.1) is 0 Å². The largest absolute Gasteiger partial charge is 0.498 e. The molecule has 0 bridgehead atoms. The van der Waals surface area contributed by atoms with E-state index in [0.29, 0.717) is 0 Å². The lowest BCUT2D eigenvalue weighted by atomic mass is 10.1. The fourth-order valence-corrected chi connectivity index (χ4v) is 2.35. The minimum Gasteiger partial charge on any atom is -0.498 e. The molecule has 0 aliphatic rings. The molecule has 0 saturated heterocycles. The van der Waals surface area contributed by atoms with Crippen LogP contribution in [0.1, 0.15) is 34.6 Å². The van der Waals surface area contributed by atoms with E-state index in [4.69, 9.17) is 28.4 Å². The van der Waals surface area contributed by atoms with Crippen LogP contribution in [0.5, 0.6) is 0 Å². The van der Waals surface area contributed by atoms with Crippen LogP contribution in [0.15, 0.2) is 74.3 Å². The molecule has 10 nitrogen and oxygen atoms in total. The van der Waals surface area contributed by atoms with E-state index in [-0.39, 0.29) is 48.7 Å². The Labute approximate surface area is 209 Å². The van der Waals surface area contributed by atoms with Crippen LogP contribution in [0.25, 0.3) is 0 Å². The van der Waals surface area contributed by atoms with Gasteiger partial charge in [0.05, 0.1) is 23.7 Å². The van der Waals surface area contributed by atoms with Crippen LogP contribution >= 0.6 is 0 Å². The van der Waals surface area contributed by atoms with Gasteiger partial charge in [0.1, 0.15) is 26.4 Å². The summed E-state index contributed by atoms with van der Waals surface area (Å²) in [6, 6.07) is 5.45. The van der Waals surface area contributed by atoms with Crippen molar-refractivity contribution >= 4 is 23.9 Å². The molecule has 0 aliphatic heterocycles. The minimum absolute atomic E-state index is 0.0900. The van der Waals surface area contributed by atoms with Gasteiger partial charge in [-0.2, -0.15) is 0 Å². The van der Waals surface area contributed by atoms with Gasteiger partial charge >= 0.3 is 23.9 Å². The molecule has 0 aromatic heterocycles. The molecule has 1 aromatic rings. The van der Waals surface area contributed by atoms with Crippen molar-refractivity contribution in [3.63, 3.8) is 0 Å². The van der Waals surface area contributed by atoms with Crippen LogP contribution in [0.4, 0.5) is 0 Å². The molecule has 0 saturated carbocycles. The van der Waals surface area contributed by atoms with Crippen LogP contribution in [0.3, 0.4) is 0 Å². The van der Waals surface area contributed by atoms with Gasteiger partial charge in [-0.3, -0.25) is 0 Å². The molecular weight excluding hydrogens is 472 g/mol. The molecule has 10 heteroatoms. The summed E-state index contributed by atoms with van der Waals surface area (Å²) < 4.78 is 30.8. The quantitative estimate of drug-likeness (QED) is 0.144. The predicted molar refractivity (Wildman–Crippen MR) is 129 cm³/mol. The summed E-state index contributed by atoms with van der Waals surface area (Å²) in [5, 5.41) is 0. The second kappa shape index (κ2) is 15.5. The molecule has 0 N–H and O–H groups in total. The van der Waals surface area contributed by atoms with Gasteiger partial charge in [-0.05, 0) is 38.1 Å². The first kappa shape index (κ1) is 29.7. The van der Waals surface area contributed by atoms with Gasteiger partial charge in [-0.25, -0.2) is 19.2 Å². The Bertz CT molecular complexity index is 898. The Kier molecular flexibility index (Phi) is 12.8. The van der Waals surface area contributed by atoms with Crippen molar-refractivity contribution in [2.75, 3.05) is 26.4 Å². The van der Waals surface area contributed by atoms with Crippen LogP contribution in [-0.2, 0) is 38.0 Å². The Morgan fingerprint density at radius 1 is 0.694 bits per heavy atom. The monoisotopic (exact) mass is 502 g/mol. The summed E-state index contributed by atoms with van der Waals surface area (Å²) in [5.41, 5.74) is 0.644. The summed E-state index contributed by atoms with van der Waals surface area (Å²) in [7, 11) is 0. The molecule has 2 atom stereocenters. The highest BCUT2D eigenvalue weighted by atomic mass is 16.6. The van der Waals surface area contributed by atoms with Crippen molar-refractivity contribution in [1.82, 2.24) is 0 Å². The van der Waals surface area contributed by atoms with E-state index in [1.807, 2.05) is 0 Å². The predicted octanol–water partition coefficient (Wildman–Crippen LogP) is 3.30. The molecule has 194 valence electrons. The van der Waals surface area contributed by atoms with Crippen molar-refractivity contribution in [3.05, 3.63) is 85.4 Å². The molecule has 36 heavy (non-hydrogen) atoms. The van der Waals surface area contributed by atoms with Gasteiger partial charge in [0.15, 0.2) is 12.2 Å².